The second-order valence-electron chi connectivity index (χ2n) is 7.96. The van der Waals surface area contributed by atoms with Crippen LogP contribution in [0, 0.1) is 0 Å². The van der Waals surface area contributed by atoms with Gasteiger partial charge in [-0.05, 0) is 35.6 Å². The molecule has 0 bridgehead atoms. The third kappa shape index (κ3) is 6.23. The maximum atomic E-state index is 12.3. The SMILES string of the molecule is COc1cccc(N2CCN(CC(=O)NCCc3ccc(C(C)C)cc3)CC2)c1. The first-order valence-corrected chi connectivity index (χ1v) is 10.5. The summed E-state index contributed by atoms with van der Waals surface area (Å²) in [6.45, 7) is 9.17. The summed E-state index contributed by atoms with van der Waals surface area (Å²) >= 11 is 0. The molecule has 1 amide bonds. The second kappa shape index (κ2) is 10.3. The Morgan fingerprint density at radius 3 is 2.45 bits per heavy atom. The molecule has 2 aromatic carbocycles. The van der Waals surface area contributed by atoms with Crippen LogP contribution in [0.15, 0.2) is 48.5 Å². The van der Waals surface area contributed by atoms with Gasteiger partial charge >= 0.3 is 0 Å². The maximum Gasteiger partial charge on any atom is 0.234 e. The van der Waals surface area contributed by atoms with Gasteiger partial charge in [0.15, 0.2) is 0 Å². The number of methoxy groups -OCH3 is 1. The van der Waals surface area contributed by atoms with Crippen LogP contribution in [0.5, 0.6) is 5.75 Å². The third-order valence-corrected chi connectivity index (χ3v) is 5.54. The summed E-state index contributed by atoms with van der Waals surface area (Å²) in [4.78, 5) is 16.9. The number of hydrogen-bond donors (Lipinski definition) is 1. The molecule has 0 spiro atoms. The highest BCUT2D eigenvalue weighted by Gasteiger charge is 2.19. The van der Waals surface area contributed by atoms with E-state index in [4.69, 9.17) is 4.74 Å². The first-order chi connectivity index (χ1) is 14.0. The molecule has 5 nitrogen and oxygen atoms in total. The van der Waals surface area contributed by atoms with Gasteiger partial charge in [-0.3, -0.25) is 9.69 Å². The first-order valence-electron chi connectivity index (χ1n) is 10.5. The molecule has 1 saturated heterocycles. The van der Waals surface area contributed by atoms with Gasteiger partial charge in [-0.25, -0.2) is 0 Å². The van der Waals surface area contributed by atoms with Crippen LogP contribution in [0.4, 0.5) is 5.69 Å². The number of rotatable bonds is 8. The fourth-order valence-corrected chi connectivity index (χ4v) is 3.65. The average Bonchev–Trinajstić information content (AvgIpc) is 2.74. The Morgan fingerprint density at radius 1 is 1.07 bits per heavy atom. The van der Waals surface area contributed by atoms with Gasteiger partial charge in [0.2, 0.25) is 5.91 Å². The van der Waals surface area contributed by atoms with Crippen molar-refractivity contribution in [2.45, 2.75) is 26.2 Å². The summed E-state index contributed by atoms with van der Waals surface area (Å²) in [7, 11) is 1.69. The smallest absolute Gasteiger partial charge is 0.234 e. The predicted octanol–water partition coefficient (Wildman–Crippen LogP) is 3.30. The van der Waals surface area contributed by atoms with Crippen molar-refractivity contribution in [3.8, 4) is 5.75 Å². The first kappa shape index (κ1) is 21.2. The number of carbonyl (C=O) groups is 1. The lowest BCUT2D eigenvalue weighted by molar-refractivity contribution is -0.122. The van der Waals surface area contributed by atoms with Gasteiger partial charge in [-0.2, -0.15) is 0 Å². The van der Waals surface area contributed by atoms with E-state index in [0.717, 1.165) is 38.3 Å². The van der Waals surface area contributed by atoms with Gasteiger partial charge < -0.3 is 15.0 Å². The Morgan fingerprint density at radius 2 is 1.79 bits per heavy atom. The summed E-state index contributed by atoms with van der Waals surface area (Å²) in [5, 5.41) is 3.06. The van der Waals surface area contributed by atoms with E-state index in [9.17, 15) is 4.79 Å². The predicted molar refractivity (Wildman–Crippen MR) is 119 cm³/mol. The lowest BCUT2D eigenvalue weighted by atomic mass is 10.0. The largest absolute Gasteiger partial charge is 0.497 e. The van der Waals surface area contributed by atoms with Crippen LogP contribution in [-0.2, 0) is 11.2 Å². The maximum absolute atomic E-state index is 12.3. The lowest BCUT2D eigenvalue weighted by Crippen LogP contribution is -2.49. The molecule has 0 aliphatic carbocycles. The molecular formula is C24H33N3O2. The molecule has 0 atom stereocenters. The molecule has 1 aliphatic rings. The van der Waals surface area contributed by atoms with Crippen LogP contribution in [0.3, 0.4) is 0 Å². The minimum absolute atomic E-state index is 0.110. The van der Waals surface area contributed by atoms with Crippen molar-refractivity contribution >= 4 is 11.6 Å². The number of hydrogen-bond acceptors (Lipinski definition) is 4. The summed E-state index contributed by atoms with van der Waals surface area (Å²) in [5.41, 5.74) is 3.80. The second-order valence-corrected chi connectivity index (χ2v) is 7.96. The van der Waals surface area contributed by atoms with Gasteiger partial charge in [0, 0.05) is 44.5 Å². The molecule has 3 rings (SSSR count). The number of nitrogens with one attached hydrogen (secondary N) is 1. The highest BCUT2D eigenvalue weighted by Crippen LogP contribution is 2.22. The summed E-state index contributed by atoms with van der Waals surface area (Å²) in [6, 6.07) is 16.9. The van der Waals surface area contributed by atoms with Crippen LogP contribution >= 0.6 is 0 Å². The van der Waals surface area contributed by atoms with E-state index in [1.807, 2.05) is 12.1 Å². The van der Waals surface area contributed by atoms with Gasteiger partial charge in [0.25, 0.3) is 0 Å². The quantitative estimate of drug-likeness (QED) is 0.745. The van der Waals surface area contributed by atoms with E-state index in [-0.39, 0.29) is 5.91 Å². The standard InChI is InChI=1S/C24H33N3O2/c1-19(2)21-9-7-20(8-10-21)11-12-25-24(28)18-26-13-15-27(16-14-26)22-5-4-6-23(17-22)29-3/h4-10,17,19H,11-16,18H2,1-3H3,(H,25,28). The van der Waals surface area contributed by atoms with Crippen molar-refractivity contribution in [3.63, 3.8) is 0 Å². The van der Waals surface area contributed by atoms with Crippen molar-refractivity contribution in [2.24, 2.45) is 0 Å². The monoisotopic (exact) mass is 395 g/mol. The zero-order valence-electron chi connectivity index (χ0n) is 17.9. The minimum Gasteiger partial charge on any atom is -0.497 e. The number of ether oxygens (including phenoxy) is 1. The highest BCUT2D eigenvalue weighted by molar-refractivity contribution is 5.78. The Labute approximate surface area is 174 Å². The molecule has 5 heteroatoms. The molecule has 1 aliphatic heterocycles. The molecular weight excluding hydrogens is 362 g/mol. The number of benzene rings is 2. The van der Waals surface area contributed by atoms with E-state index >= 15 is 0 Å². The van der Waals surface area contributed by atoms with Crippen molar-refractivity contribution in [3.05, 3.63) is 59.7 Å². The molecule has 0 aromatic heterocycles. The number of anilines is 1. The number of piperazine rings is 1. The zero-order chi connectivity index (χ0) is 20.6. The topological polar surface area (TPSA) is 44.8 Å². The lowest BCUT2D eigenvalue weighted by Gasteiger charge is -2.35. The van der Waals surface area contributed by atoms with E-state index in [1.54, 1.807) is 7.11 Å². The van der Waals surface area contributed by atoms with Crippen molar-refractivity contribution in [1.29, 1.82) is 0 Å². The van der Waals surface area contributed by atoms with Gasteiger partial charge in [0.1, 0.15) is 5.75 Å². The minimum atomic E-state index is 0.110. The molecule has 0 unspecified atom stereocenters. The number of carbonyl (C=O) groups excluding carboxylic acids is 1. The fraction of sp³-hybridized carbons (Fsp3) is 0.458. The molecule has 0 saturated carbocycles. The summed E-state index contributed by atoms with van der Waals surface area (Å²) < 4.78 is 5.32. The van der Waals surface area contributed by atoms with Crippen molar-refractivity contribution in [2.75, 3.05) is 51.3 Å². The molecule has 1 heterocycles. The van der Waals surface area contributed by atoms with Gasteiger partial charge in [-0.15, -0.1) is 0 Å². The summed E-state index contributed by atoms with van der Waals surface area (Å²) in [5.74, 6) is 1.54. The summed E-state index contributed by atoms with van der Waals surface area (Å²) in [6.07, 6.45) is 0.869. The number of amides is 1. The number of nitrogens with zero attached hydrogens (tertiary/aromatic N) is 2. The molecule has 156 valence electrons. The average molecular weight is 396 g/mol. The van der Waals surface area contributed by atoms with E-state index < -0.39 is 0 Å². The molecule has 29 heavy (non-hydrogen) atoms. The third-order valence-electron chi connectivity index (χ3n) is 5.54. The highest BCUT2D eigenvalue weighted by atomic mass is 16.5. The van der Waals surface area contributed by atoms with Crippen molar-refractivity contribution in [1.82, 2.24) is 10.2 Å². The van der Waals surface area contributed by atoms with E-state index in [0.29, 0.717) is 19.0 Å². The fourth-order valence-electron chi connectivity index (χ4n) is 3.65. The Balaban J connectivity index is 1.37. The van der Waals surface area contributed by atoms with Crippen LogP contribution in [-0.4, -0.2) is 57.2 Å². The van der Waals surface area contributed by atoms with E-state index in [2.05, 4.69) is 65.4 Å². The van der Waals surface area contributed by atoms with Crippen LogP contribution in [0.2, 0.25) is 0 Å². The van der Waals surface area contributed by atoms with Gasteiger partial charge in [-0.1, -0.05) is 44.2 Å². The molecule has 2 aromatic rings. The normalized spacial score (nSPS) is 14.8. The van der Waals surface area contributed by atoms with Gasteiger partial charge in [0.05, 0.1) is 13.7 Å². The van der Waals surface area contributed by atoms with Crippen molar-refractivity contribution < 1.29 is 9.53 Å². The van der Waals surface area contributed by atoms with E-state index in [1.165, 1.54) is 16.8 Å². The van der Waals surface area contributed by atoms with Crippen LogP contribution < -0.4 is 15.0 Å². The zero-order valence-corrected chi connectivity index (χ0v) is 17.9. The van der Waals surface area contributed by atoms with Crippen LogP contribution in [0.1, 0.15) is 30.9 Å². The molecule has 0 radical (unpaired) electrons. The Hall–Kier alpha value is -2.53. The molecule has 1 N–H and O–H groups in total. The Kier molecular flexibility index (Phi) is 7.53. The Bertz CT molecular complexity index is 781. The van der Waals surface area contributed by atoms with Crippen LogP contribution in [0.25, 0.3) is 0 Å². The molecule has 1 fully saturated rings.